The lowest BCUT2D eigenvalue weighted by Gasteiger charge is -2.32. The Morgan fingerprint density at radius 1 is 1.29 bits per heavy atom. The molecule has 0 bridgehead atoms. The smallest absolute Gasteiger partial charge is 0.409 e. The van der Waals surface area contributed by atoms with Gasteiger partial charge in [0.05, 0.1) is 12.7 Å². The van der Waals surface area contributed by atoms with E-state index in [0.717, 1.165) is 25.7 Å². The van der Waals surface area contributed by atoms with E-state index in [2.05, 4.69) is 5.32 Å². The van der Waals surface area contributed by atoms with Gasteiger partial charge in [-0.1, -0.05) is 0 Å². The van der Waals surface area contributed by atoms with Gasteiger partial charge >= 0.3 is 6.09 Å². The topological polar surface area (TPSA) is 93.9 Å². The molecule has 0 saturated carbocycles. The normalized spacial score (nSPS) is 26.7. The van der Waals surface area contributed by atoms with Crippen molar-refractivity contribution in [2.24, 2.45) is 5.73 Å². The number of nitrogens with zero attached hydrogens (tertiary/aromatic N) is 1. The van der Waals surface area contributed by atoms with E-state index in [4.69, 9.17) is 15.2 Å². The second-order valence-electron chi connectivity index (χ2n) is 5.53. The summed E-state index contributed by atoms with van der Waals surface area (Å²) in [7, 11) is 0. The highest BCUT2D eigenvalue weighted by Crippen LogP contribution is 2.20. The third-order valence-electron chi connectivity index (χ3n) is 4.03. The highest BCUT2D eigenvalue weighted by molar-refractivity contribution is 5.81. The predicted molar refractivity (Wildman–Crippen MR) is 76.7 cm³/mol. The van der Waals surface area contributed by atoms with Gasteiger partial charge in [0.2, 0.25) is 5.91 Å². The first-order valence-electron chi connectivity index (χ1n) is 7.71. The lowest BCUT2D eigenvalue weighted by Crippen LogP contribution is -2.49. The van der Waals surface area contributed by atoms with Crippen LogP contribution in [0.25, 0.3) is 0 Å². The summed E-state index contributed by atoms with van der Waals surface area (Å²) in [5.41, 5.74) is 5.54. The molecular weight excluding hydrogens is 274 g/mol. The van der Waals surface area contributed by atoms with Crippen LogP contribution in [0.2, 0.25) is 0 Å². The number of likely N-dealkylation sites (tertiary alicyclic amines) is 1. The van der Waals surface area contributed by atoms with E-state index in [1.54, 1.807) is 11.8 Å². The number of amides is 2. The Bertz CT molecular complexity index is 369. The molecule has 2 heterocycles. The van der Waals surface area contributed by atoms with E-state index < -0.39 is 0 Å². The van der Waals surface area contributed by atoms with E-state index in [1.165, 1.54) is 0 Å². The Kier molecular flexibility index (Phi) is 5.81. The van der Waals surface area contributed by atoms with Crippen molar-refractivity contribution in [3.63, 3.8) is 0 Å². The van der Waals surface area contributed by atoms with E-state index >= 15 is 0 Å². The van der Waals surface area contributed by atoms with Crippen LogP contribution in [-0.4, -0.2) is 61.4 Å². The SMILES string of the molecule is CCOC(=O)N1CCC(NC(=O)C2CCC(CN)O2)CC1. The Labute approximate surface area is 125 Å². The maximum absolute atomic E-state index is 12.1. The summed E-state index contributed by atoms with van der Waals surface area (Å²) < 4.78 is 10.6. The number of carbonyl (C=O) groups is 2. The number of carbonyl (C=O) groups excluding carboxylic acids is 2. The molecule has 2 rings (SSSR count). The molecule has 7 nitrogen and oxygen atoms in total. The Morgan fingerprint density at radius 3 is 2.57 bits per heavy atom. The lowest BCUT2D eigenvalue weighted by atomic mass is 10.0. The number of hydrogen-bond acceptors (Lipinski definition) is 5. The molecule has 21 heavy (non-hydrogen) atoms. The standard InChI is InChI=1S/C14H25N3O4/c1-2-20-14(19)17-7-5-10(6-8-17)16-13(18)12-4-3-11(9-15)21-12/h10-12H,2-9,15H2,1H3,(H,16,18). The van der Waals surface area contributed by atoms with Gasteiger partial charge in [0, 0.05) is 25.7 Å². The first kappa shape index (κ1) is 16.0. The minimum Gasteiger partial charge on any atom is -0.450 e. The van der Waals surface area contributed by atoms with Crippen LogP contribution in [0, 0.1) is 0 Å². The van der Waals surface area contributed by atoms with Crippen LogP contribution in [0.4, 0.5) is 4.79 Å². The van der Waals surface area contributed by atoms with Gasteiger partial charge in [0.25, 0.3) is 0 Å². The molecule has 2 fully saturated rings. The van der Waals surface area contributed by atoms with Crippen molar-refractivity contribution in [3.8, 4) is 0 Å². The van der Waals surface area contributed by atoms with Gasteiger partial charge in [-0.3, -0.25) is 4.79 Å². The number of rotatable bonds is 4. The van der Waals surface area contributed by atoms with Crippen LogP contribution in [0.15, 0.2) is 0 Å². The zero-order valence-corrected chi connectivity index (χ0v) is 12.5. The molecule has 0 aliphatic carbocycles. The van der Waals surface area contributed by atoms with Crippen molar-refractivity contribution in [1.29, 1.82) is 0 Å². The number of piperidine rings is 1. The quantitative estimate of drug-likeness (QED) is 0.775. The van der Waals surface area contributed by atoms with E-state index in [-0.39, 0.29) is 30.3 Å². The third kappa shape index (κ3) is 4.31. The van der Waals surface area contributed by atoms with E-state index in [0.29, 0.717) is 26.2 Å². The Hall–Kier alpha value is -1.34. The molecule has 0 spiro atoms. The van der Waals surface area contributed by atoms with Gasteiger partial charge < -0.3 is 25.4 Å². The van der Waals surface area contributed by atoms with Crippen molar-refractivity contribution in [3.05, 3.63) is 0 Å². The molecule has 3 N–H and O–H groups in total. The zero-order chi connectivity index (χ0) is 15.2. The van der Waals surface area contributed by atoms with Gasteiger partial charge in [-0.25, -0.2) is 4.79 Å². The molecule has 2 aliphatic rings. The van der Waals surface area contributed by atoms with Crippen molar-refractivity contribution in [2.45, 2.75) is 50.9 Å². The molecule has 0 aromatic heterocycles. The largest absolute Gasteiger partial charge is 0.450 e. The fourth-order valence-corrected chi connectivity index (χ4v) is 2.79. The summed E-state index contributed by atoms with van der Waals surface area (Å²) in [6.45, 7) is 3.86. The first-order chi connectivity index (χ1) is 10.1. The Balaban J connectivity index is 1.71. The summed E-state index contributed by atoms with van der Waals surface area (Å²) in [4.78, 5) is 25.4. The number of ether oxygens (including phenoxy) is 2. The summed E-state index contributed by atoms with van der Waals surface area (Å²) in [5, 5.41) is 3.01. The minimum absolute atomic E-state index is 0.00594. The maximum atomic E-state index is 12.1. The molecule has 2 saturated heterocycles. The van der Waals surface area contributed by atoms with Gasteiger partial charge in [-0.15, -0.1) is 0 Å². The molecule has 7 heteroatoms. The molecule has 0 radical (unpaired) electrons. The molecule has 2 unspecified atom stereocenters. The maximum Gasteiger partial charge on any atom is 0.409 e. The second-order valence-corrected chi connectivity index (χ2v) is 5.53. The van der Waals surface area contributed by atoms with Crippen molar-refractivity contribution >= 4 is 12.0 Å². The van der Waals surface area contributed by atoms with Crippen LogP contribution in [0.1, 0.15) is 32.6 Å². The zero-order valence-electron chi connectivity index (χ0n) is 12.5. The van der Waals surface area contributed by atoms with Gasteiger partial charge in [-0.05, 0) is 32.6 Å². The summed E-state index contributed by atoms with van der Waals surface area (Å²) in [5.74, 6) is -0.0551. The predicted octanol–water partition coefficient (Wildman–Crippen LogP) is 0.230. The highest BCUT2D eigenvalue weighted by Gasteiger charge is 2.32. The number of hydrogen-bond donors (Lipinski definition) is 2. The van der Waals surface area contributed by atoms with Gasteiger partial charge in [-0.2, -0.15) is 0 Å². The van der Waals surface area contributed by atoms with Gasteiger partial charge in [0.15, 0.2) is 0 Å². The van der Waals surface area contributed by atoms with Crippen molar-refractivity contribution in [1.82, 2.24) is 10.2 Å². The molecule has 2 atom stereocenters. The van der Waals surface area contributed by atoms with Crippen LogP contribution in [0.3, 0.4) is 0 Å². The molecule has 0 aromatic rings. The average Bonchev–Trinajstić information content (AvgIpc) is 2.97. The van der Waals surface area contributed by atoms with Crippen LogP contribution < -0.4 is 11.1 Å². The second kappa shape index (κ2) is 7.61. The van der Waals surface area contributed by atoms with E-state index in [9.17, 15) is 9.59 Å². The fraction of sp³-hybridized carbons (Fsp3) is 0.857. The molecule has 0 aromatic carbocycles. The number of nitrogens with one attached hydrogen (secondary N) is 1. The average molecular weight is 299 g/mol. The van der Waals surface area contributed by atoms with Crippen molar-refractivity contribution < 1.29 is 19.1 Å². The fourth-order valence-electron chi connectivity index (χ4n) is 2.79. The van der Waals surface area contributed by atoms with Gasteiger partial charge in [0.1, 0.15) is 6.10 Å². The first-order valence-corrected chi connectivity index (χ1v) is 7.71. The molecular formula is C14H25N3O4. The lowest BCUT2D eigenvalue weighted by molar-refractivity contribution is -0.132. The summed E-state index contributed by atoms with van der Waals surface area (Å²) >= 11 is 0. The summed E-state index contributed by atoms with van der Waals surface area (Å²) in [6, 6.07) is 0.101. The van der Waals surface area contributed by atoms with Crippen LogP contribution >= 0.6 is 0 Å². The molecule has 120 valence electrons. The summed E-state index contributed by atoms with van der Waals surface area (Å²) in [6.07, 6.45) is 2.43. The highest BCUT2D eigenvalue weighted by atomic mass is 16.6. The van der Waals surface area contributed by atoms with Crippen LogP contribution in [0.5, 0.6) is 0 Å². The minimum atomic E-state index is -0.373. The third-order valence-corrected chi connectivity index (χ3v) is 4.03. The number of nitrogens with two attached hydrogens (primary N) is 1. The molecule has 2 aliphatic heterocycles. The van der Waals surface area contributed by atoms with Crippen LogP contribution in [-0.2, 0) is 14.3 Å². The Morgan fingerprint density at radius 2 is 2.00 bits per heavy atom. The van der Waals surface area contributed by atoms with E-state index in [1.807, 2.05) is 0 Å². The monoisotopic (exact) mass is 299 g/mol. The van der Waals surface area contributed by atoms with Crippen molar-refractivity contribution in [2.75, 3.05) is 26.2 Å². The molecule has 2 amide bonds.